The molecular formula is C18H24N2O3. The van der Waals surface area contributed by atoms with Crippen molar-refractivity contribution in [2.45, 2.75) is 38.6 Å². The van der Waals surface area contributed by atoms with Crippen LogP contribution in [0.2, 0.25) is 0 Å². The van der Waals surface area contributed by atoms with Gasteiger partial charge in [-0.1, -0.05) is 63.1 Å². The van der Waals surface area contributed by atoms with Crippen molar-refractivity contribution in [1.82, 2.24) is 10.6 Å². The molecule has 0 radical (unpaired) electrons. The quantitative estimate of drug-likeness (QED) is 0.599. The number of nitrogens with one attached hydrogen (secondary N) is 2. The van der Waals surface area contributed by atoms with Gasteiger partial charge in [0.05, 0.1) is 12.6 Å². The van der Waals surface area contributed by atoms with Crippen LogP contribution in [0.5, 0.6) is 0 Å². The number of esters is 1. The fraction of sp³-hybridized carbons (Fsp3) is 0.444. The number of unbranched alkanes of at least 4 members (excludes halogenated alkanes) is 3. The lowest BCUT2D eigenvalue weighted by atomic mass is 9.89. The molecule has 1 aromatic carbocycles. The van der Waals surface area contributed by atoms with Gasteiger partial charge in [0.2, 0.25) is 0 Å². The van der Waals surface area contributed by atoms with Crippen LogP contribution in [0.3, 0.4) is 0 Å². The normalized spacial score (nSPS) is 20.6. The highest BCUT2D eigenvalue weighted by Gasteiger charge is 2.38. The molecule has 0 spiro atoms. The second-order valence-corrected chi connectivity index (χ2v) is 5.72. The van der Waals surface area contributed by atoms with E-state index in [1.54, 1.807) is 0 Å². The van der Waals surface area contributed by atoms with Gasteiger partial charge >= 0.3 is 12.0 Å². The van der Waals surface area contributed by atoms with Crippen LogP contribution < -0.4 is 10.6 Å². The molecule has 5 nitrogen and oxygen atoms in total. The molecule has 2 rings (SSSR count). The first-order valence-corrected chi connectivity index (χ1v) is 8.11. The van der Waals surface area contributed by atoms with E-state index in [2.05, 4.69) is 24.1 Å². The lowest BCUT2D eigenvalue weighted by Crippen LogP contribution is -2.51. The first-order chi connectivity index (χ1) is 11.1. The van der Waals surface area contributed by atoms with E-state index in [-0.39, 0.29) is 12.0 Å². The van der Waals surface area contributed by atoms with E-state index in [0.717, 1.165) is 31.2 Å². The van der Waals surface area contributed by atoms with E-state index < -0.39 is 12.0 Å². The smallest absolute Gasteiger partial charge is 0.319 e. The average molecular weight is 316 g/mol. The highest BCUT2D eigenvalue weighted by Crippen LogP contribution is 2.30. The molecule has 1 aliphatic rings. The van der Waals surface area contributed by atoms with Gasteiger partial charge in [-0.15, -0.1) is 0 Å². The maximum Gasteiger partial charge on any atom is 0.319 e. The molecule has 0 saturated carbocycles. The third-order valence-electron chi connectivity index (χ3n) is 3.92. The fourth-order valence-electron chi connectivity index (χ4n) is 2.69. The minimum atomic E-state index is -0.624. The van der Waals surface area contributed by atoms with Crippen LogP contribution in [0, 0.1) is 5.92 Å². The summed E-state index contributed by atoms with van der Waals surface area (Å²) in [4.78, 5) is 24.2. The Hall–Kier alpha value is -2.30. The largest absolute Gasteiger partial charge is 0.465 e. The van der Waals surface area contributed by atoms with E-state index >= 15 is 0 Å². The van der Waals surface area contributed by atoms with Crippen LogP contribution in [0.25, 0.3) is 0 Å². The zero-order valence-electron chi connectivity index (χ0n) is 13.5. The molecule has 2 atom stereocenters. The second kappa shape index (κ2) is 8.36. The van der Waals surface area contributed by atoms with Gasteiger partial charge in [-0.2, -0.15) is 0 Å². The number of carbonyl (C=O) groups excluding carboxylic acids is 2. The van der Waals surface area contributed by atoms with E-state index in [1.807, 2.05) is 30.3 Å². The van der Waals surface area contributed by atoms with E-state index in [0.29, 0.717) is 12.3 Å². The molecule has 0 aromatic heterocycles. The highest BCUT2D eigenvalue weighted by atomic mass is 16.5. The molecule has 1 heterocycles. The van der Waals surface area contributed by atoms with Gasteiger partial charge in [-0.25, -0.2) is 4.79 Å². The molecule has 23 heavy (non-hydrogen) atoms. The molecule has 1 aliphatic heterocycles. The summed E-state index contributed by atoms with van der Waals surface area (Å²) < 4.78 is 5.39. The molecule has 2 N–H and O–H groups in total. The maximum atomic E-state index is 12.5. The topological polar surface area (TPSA) is 67.4 Å². The minimum absolute atomic E-state index is 0.351. The Bertz CT molecular complexity index is 557. The van der Waals surface area contributed by atoms with Gasteiger partial charge < -0.3 is 15.4 Å². The van der Waals surface area contributed by atoms with Gasteiger partial charge in [0.1, 0.15) is 5.92 Å². The Balaban J connectivity index is 2.04. The van der Waals surface area contributed by atoms with Gasteiger partial charge in [0, 0.05) is 5.70 Å². The van der Waals surface area contributed by atoms with Crippen molar-refractivity contribution in [2.24, 2.45) is 5.92 Å². The molecule has 124 valence electrons. The van der Waals surface area contributed by atoms with Crippen molar-refractivity contribution in [3.8, 4) is 0 Å². The zero-order chi connectivity index (χ0) is 16.7. The van der Waals surface area contributed by atoms with Crippen LogP contribution in [-0.4, -0.2) is 18.6 Å². The third-order valence-corrected chi connectivity index (χ3v) is 3.92. The molecule has 1 aromatic rings. The number of rotatable bonds is 7. The maximum absolute atomic E-state index is 12.5. The predicted octanol–water partition coefficient (Wildman–Crippen LogP) is 3.29. The van der Waals surface area contributed by atoms with Gasteiger partial charge in [0.25, 0.3) is 0 Å². The Morgan fingerprint density at radius 2 is 1.96 bits per heavy atom. The van der Waals surface area contributed by atoms with Gasteiger partial charge in [0.15, 0.2) is 0 Å². The average Bonchev–Trinajstić information content (AvgIpc) is 2.54. The van der Waals surface area contributed by atoms with E-state index in [9.17, 15) is 9.59 Å². The van der Waals surface area contributed by atoms with E-state index in [4.69, 9.17) is 4.74 Å². The summed E-state index contributed by atoms with van der Waals surface area (Å²) in [6.07, 6.45) is 4.18. The fourth-order valence-corrected chi connectivity index (χ4v) is 2.69. The van der Waals surface area contributed by atoms with Crippen LogP contribution in [0.15, 0.2) is 42.6 Å². The first-order valence-electron chi connectivity index (χ1n) is 8.11. The standard InChI is InChI=1S/C18H24N2O3/c1-3-4-5-9-12-23-17(21)15-13(2)19-18(22)20-16(15)14-10-7-6-8-11-14/h6-8,10-11,15-16H,2-5,9,12H2,1H3,(H2,19,20,22). The van der Waals surface area contributed by atoms with Crippen LogP contribution >= 0.6 is 0 Å². The lowest BCUT2D eigenvalue weighted by Gasteiger charge is -2.33. The number of amides is 2. The van der Waals surface area contributed by atoms with Crippen LogP contribution in [-0.2, 0) is 9.53 Å². The monoisotopic (exact) mass is 316 g/mol. The molecular weight excluding hydrogens is 292 g/mol. The molecule has 0 bridgehead atoms. The lowest BCUT2D eigenvalue weighted by molar-refractivity contribution is -0.148. The summed E-state index contributed by atoms with van der Waals surface area (Å²) in [5, 5.41) is 5.37. The van der Waals surface area contributed by atoms with Crippen molar-refractivity contribution in [3.05, 3.63) is 48.2 Å². The Labute approximate surface area is 137 Å². The molecule has 5 heteroatoms. The molecule has 2 amide bonds. The van der Waals surface area contributed by atoms with Crippen molar-refractivity contribution in [2.75, 3.05) is 6.61 Å². The number of ether oxygens (including phenoxy) is 1. The Kier molecular flexibility index (Phi) is 6.20. The van der Waals surface area contributed by atoms with Crippen LogP contribution in [0.4, 0.5) is 4.79 Å². The number of hydrogen-bond donors (Lipinski definition) is 2. The third kappa shape index (κ3) is 4.58. The SMILES string of the molecule is C=C1NC(=O)NC(c2ccccc2)C1C(=O)OCCCCCC. The van der Waals surface area contributed by atoms with Gasteiger partial charge in [-0.3, -0.25) is 4.79 Å². The summed E-state index contributed by atoms with van der Waals surface area (Å²) in [6, 6.07) is 8.59. The van der Waals surface area contributed by atoms with E-state index in [1.165, 1.54) is 0 Å². The molecule has 1 saturated heterocycles. The predicted molar refractivity (Wildman–Crippen MR) is 88.6 cm³/mol. The van der Waals surface area contributed by atoms with Gasteiger partial charge in [-0.05, 0) is 12.0 Å². The summed E-state index contributed by atoms with van der Waals surface area (Å²) in [5.74, 6) is -0.978. The summed E-state index contributed by atoms with van der Waals surface area (Å²) in [7, 11) is 0. The molecule has 0 aliphatic carbocycles. The summed E-state index contributed by atoms with van der Waals surface area (Å²) >= 11 is 0. The Morgan fingerprint density at radius 1 is 1.22 bits per heavy atom. The minimum Gasteiger partial charge on any atom is -0.465 e. The summed E-state index contributed by atoms with van der Waals surface area (Å²) in [6.45, 7) is 6.36. The van der Waals surface area contributed by atoms with Crippen molar-refractivity contribution in [3.63, 3.8) is 0 Å². The molecule has 2 unspecified atom stereocenters. The number of hydrogen-bond acceptors (Lipinski definition) is 3. The number of carbonyl (C=O) groups is 2. The first kappa shape index (κ1) is 17.1. The number of urea groups is 1. The van der Waals surface area contributed by atoms with Crippen molar-refractivity contribution >= 4 is 12.0 Å². The van der Waals surface area contributed by atoms with Crippen molar-refractivity contribution < 1.29 is 14.3 Å². The number of benzene rings is 1. The zero-order valence-corrected chi connectivity index (χ0v) is 13.5. The Morgan fingerprint density at radius 3 is 2.65 bits per heavy atom. The highest BCUT2D eigenvalue weighted by molar-refractivity contribution is 5.85. The summed E-state index contributed by atoms with van der Waals surface area (Å²) in [5.41, 5.74) is 1.23. The van der Waals surface area contributed by atoms with Crippen LogP contribution in [0.1, 0.15) is 44.2 Å². The second-order valence-electron chi connectivity index (χ2n) is 5.72. The molecule has 1 fully saturated rings. The van der Waals surface area contributed by atoms with Crippen molar-refractivity contribution in [1.29, 1.82) is 0 Å².